The third kappa shape index (κ3) is 4.89. The summed E-state index contributed by atoms with van der Waals surface area (Å²) in [5.41, 5.74) is 0.784. The van der Waals surface area contributed by atoms with Crippen LogP contribution in [0.3, 0.4) is 0 Å². The molecule has 0 aromatic carbocycles. The molecule has 0 aliphatic heterocycles. The van der Waals surface area contributed by atoms with E-state index in [1.54, 1.807) is 6.92 Å². The first-order valence-corrected chi connectivity index (χ1v) is 14.3. The normalized spacial score (nSPS) is 44.8. The van der Waals surface area contributed by atoms with Crippen molar-refractivity contribution in [3.05, 3.63) is 0 Å². The van der Waals surface area contributed by atoms with Crippen molar-refractivity contribution in [2.75, 3.05) is 0 Å². The molecule has 0 aromatic heterocycles. The SMILES string of the molecule is CC(=O)O[C@H]1CC[C@@]2(C)C(CC[C@H]3[C@@H]4CC[C@H]([C@H](C)C(O)CCC(C)(C)Cl)[C@@]4(C)CC[C@@H]32)C1. The molecular weight excluding hydrogens is 432 g/mol. The maximum Gasteiger partial charge on any atom is 0.302 e. The summed E-state index contributed by atoms with van der Waals surface area (Å²) in [7, 11) is 0. The number of alkyl halides is 1. The standard InChI is InChI=1S/C29H49ClO3/c1-18(26(32)13-14-27(3,4)30)23-9-10-24-22-8-7-20-17-21(33-19(2)31)11-15-28(20,5)25(22)12-16-29(23,24)6/h18,20-26,32H,7-17H2,1-6H3/t18-,20?,21-,22-,23+,24-,25-,26?,28-,29+/m0/s1. The van der Waals surface area contributed by atoms with Crippen molar-refractivity contribution >= 4 is 17.6 Å². The summed E-state index contributed by atoms with van der Waals surface area (Å²) in [5, 5.41) is 11.1. The van der Waals surface area contributed by atoms with Gasteiger partial charge in [-0.25, -0.2) is 0 Å². The topological polar surface area (TPSA) is 46.5 Å². The quantitative estimate of drug-likeness (QED) is 0.318. The van der Waals surface area contributed by atoms with Crippen LogP contribution in [0.15, 0.2) is 0 Å². The Hall–Kier alpha value is -0.280. The number of carbonyl (C=O) groups is 1. The van der Waals surface area contributed by atoms with E-state index >= 15 is 0 Å². The highest BCUT2D eigenvalue weighted by Gasteiger charge is 2.61. The van der Waals surface area contributed by atoms with E-state index in [1.807, 2.05) is 0 Å². The van der Waals surface area contributed by atoms with Gasteiger partial charge in [-0.1, -0.05) is 20.8 Å². The van der Waals surface area contributed by atoms with Gasteiger partial charge in [-0.05, 0) is 131 Å². The summed E-state index contributed by atoms with van der Waals surface area (Å²) in [6.07, 6.45) is 12.8. The van der Waals surface area contributed by atoms with E-state index in [0.717, 1.165) is 43.4 Å². The van der Waals surface area contributed by atoms with Crippen molar-refractivity contribution in [2.45, 2.75) is 129 Å². The molecule has 0 spiro atoms. The van der Waals surface area contributed by atoms with Crippen molar-refractivity contribution < 1.29 is 14.6 Å². The maximum absolute atomic E-state index is 11.5. The molecule has 0 heterocycles. The molecule has 4 aliphatic carbocycles. The molecule has 4 rings (SSSR count). The molecular formula is C29H49ClO3. The zero-order valence-corrected chi connectivity index (χ0v) is 22.8. The minimum Gasteiger partial charge on any atom is -0.463 e. The molecule has 4 saturated carbocycles. The summed E-state index contributed by atoms with van der Waals surface area (Å²) in [4.78, 5) is 11.3. The monoisotopic (exact) mass is 480 g/mol. The van der Waals surface area contributed by atoms with E-state index in [0.29, 0.717) is 28.6 Å². The lowest BCUT2D eigenvalue weighted by Crippen LogP contribution is -2.54. The van der Waals surface area contributed by atoms with Crippen molar-refractivity contribution in [1.29, 1.82) is 0 Å². The number of ether oxygens (including phenoxy) is 1. The predicted molar refractivity (Wildman–Crippen MR) is 135 cm³/mol. The van der Waals surface area contributed by atoms with Gasteiger partial charge >= 0.3 is 5.97 Å². The lowest BCUT2D eigenvalue weighted by atomic mass is 9.44. The largest absolute Gasteiger partial charge is 0.463 e. The fraction of sp³-hybridized carbons (Fsp3) is 0.966. The summed E-state index contributed by atoms with van der Waals surface area (Å²) in [6.45, 7) is 13.1. The third-order valence-corrected chi connectivity index (χ3v) is 11.5. The highest BCUT2D eigenvalue weighted by atomic mass is 35.5. The molecule has 3 nitrogen and oxygen atoms in total. The highest BCUT2D eigenvalue weighted by molar-refractivity contribution is 6.23. The Kier molecular flexibility index (Phi) is 7.28. The summed E-state index contributed by atoms with van der Waals surface area (Å²) in [6, 6.07) is 0. The van der Waals surface area contributed by atoms with Gasteiger partial charge in [-0.15, -0.1) is 11.6 Å². The molecule has 2 unspecified atom stereocenters. The van der Waals surface area contributed by atoms with Gasteiger partial charge in [0.1, 0.15) is 6.10 Å². The van der Waals surface area contributed by atoms with Crippen molar-refractivity contribution in [3.63, 3.8) is 0 Å². The number of aliphatic hydroxyl groups is 1. The average molecular weight is 481 g/mol. The maximum atomic E-state index is 11.5. The van der Waals surface area contributed by atoms with Crippen LogP contribution in [0, 0.1) is 46.3 Å². The minimum atomic E-state index is -0.244. The van der Waals surface area contributed by atoms with Crippen molar-refractivity contribution in [2.24, 2.45) is 46.3 Å². The Bertz CT molecular complexity index is 716. The number of hydrogen-bond acceptors (Lipinski definition) is 3. The molecule has 0 amide bonds. The Morgan fingerprint density at radius 3 is 2.39 bits per heavy atom. The van der Waals surface area contributed by atoms with Gasteiger partial charge in [0.25, 0.3) is 0 Å². The number of halogens is 1. The van der Waals surface area contributed by atoms with Crippen LogP contribution in [-0.4, -0.2) is 28.2 Å². The van der Waals surface area contributed by atoms with Crippen LogP contribution in [0.4, 0.5) is 0 Å². The zero-order valence-electron chi connectivity index (χ0n) is 22.0. The van der Waals surface area contributed by atoms with Crippen LogP contribution in [0.25, 0.3) is 0 Å². The lowest BCUT2D eigenvalue weighted by molar-refractivity contribution is -0.161. The van der Waals surface area contributed by atoms with Crippen LogP contribution >= 0.6 is 11.6 Å². The second-order valence-electron chi connectivity index (χ2n) is 13.6. The predicted octanol–water partition coefficient (Wildman–Crippen LogP) is 7.37. The average Bonchev–Trinajstić information content (AvgIpc) is 3.08. The molecule has 0 radical (unpaired) electrons. The summed E-state index contributed by atoms with van der Waals surface area (Å²) >= 11 is 6.42. The molecule has 4 fully saturated rings. The molecule has 33 heavy (non-hydrogen) atoms. The number of carbonyl (C=O) groups excluding carboxylic acids is 1. The van der Waals surface area contributed by atoms with Crippen LogP contribution in [-0.2, 0) is 9.53 Å². The van der Waals surface area contributed by atoms with Gasteiger partial charge < -0.3 is 9.84 Å². The Balaban J connectivity index is 1.44. The number of esters is 1. The fourth-order valence-electron chi connectivity index (χ4n) is 9.49. The smallest absolute Gasteiger partial charge is 0.302 e. The van der Waals surface area contributed by atoms with Crippen LogP contribution < -0.4 is 0 Å². The van der Waals surface area contributed by atoms with E-state index in [4.69, 9.17) is 16.3 Å². The van der Waals surface area contributed by atoms with Crippen LogP contribution in [0.2, 0.25) is 0 Å². The minimum absolute atomic E-state index is 0.117. The van der Waals surface area contributed by atoms with E-state index in [1.165, 1.54) is 44.9 Å². The fourth-order valence-corrected chi connectivity index (χ4v) is 9.60. The second kappa shape index (κ2) is 9.30. The van der Waals surface area contributed by atoms with Gasteiger partial charge in [0.2, 0.25) is 0 Å². The van der Waals surface area contributed by atoms with Gasteiger partial charge in [-0.2, -0.15) is 0 Å². The first kappa shape index (κ1) is 25.8. The van der Waals surface area contributed by atoms with Gasteiger partial charge in [-0.3, -0.25) is 4.79 Å². The van der Waals surface area contributed by atoms with Crippen LogP contribution in [0.5, 0.6) is 0 Å². The number of hydrogen-bond donors (Lipinski definition) is 1. The molecule has 190 valence electrons. The van der Waals surface area contributed by atoms with E-state index in [2.05, 4.69) is 34.6 Å². The summed E-state index contributed by atoms with van der Waals surface area (Å²) < 4.78 is 5.64. The zero-order chi connectivity index (χ0) is 24.2. The Labute approximate surface area is 207 Å². The lowest BCUT2D eigenvalue weighted by Gasteiger charge is -2.61. The number of rotatable bonds is 6. The molecule has 4 aliphatic rings. The second-order valence-corrected chi connectivity index (χ2v) is 14.6. The molecule has 0 saturated heterocycles. The molecule has 4 heteroatoms. The van der Waals surface area contributed by atoms with Gasteiger partial charge in [0.05, 0.1) is 6.10 Å². The molecule has 10 atom stereocenters. The van der Waals surface area contributed by atoms with E-state index < -0.39 is 0 Å². The van der Waals surface area contributed by atoms with Gasteiger partial charge in [0, 0.05) is 11.8 Å². The number of fused-ring (bicyclic) bond motifs is 5. The van der Waals surface area contributed by atoms with Gasteiger partial charge in [0.15, 0.2) is 0 Å². The number of aliphatic hydroxyl groups excluding tert-OH is 1. The molecule has 1 N–H and O–H groups in total. The third-order valence-electron chi connectivity index (χ3n) is 11.3. The molecule has 0 aromatic rings. The molecule has 0 bridgehead atoms. The van der Waals surface area contributed by atoms with Crippen LogP contribution in [0.1, 0.15) is 112 Å². The summed E-state index contributed by atoms with van der Waals surface area (Å²) in [5.74, 6) is 4.04. The Morgan fingerprint density at radius 2 is 1.73 bits per heavy atom. The first-order chi connectivity index (χ1) is 15.3. The van der Waals surface area contributed by atoms with E-state index in [-0.39, 0.29) is 23.1 Å². The highest BCUT2D eigenvalue weighted by Crippen LogP contribution is 2.68. The van der Waals surface area contributed by atoms with Crippen molar-refractivity contribution in [1.82, 2.24) is 0 Å². The first-order valence-electron chi connectivity index (χ1n) is 13.9. The van der Waals surface area contributed by atoms with Crippen molar-refractivity contribution in [3.8, 4) is 0 Å². The van der Waals surface area contributed by atoms with E-state index in [9.17, 15) is 9.90 Å². The Morgan fingerprint density at radius 1 is 1.06 bits per heavy atom.